The summed E-state index contributed by atoms with van der Waals surface area (Å²) in [7, 11) is 0. The molecular weight excluding hydrogens is 703 g/mol. The lowest BCUT2D eigenvalue weighted by molar-refractivity contribution is 0.445. The highest BCUT2D eigenvalue weighted by Crippen LogP contribution is 2.47. The van der Waals surface area contributed by atoms with Gasteiger partial charge >= 0.3 is 0 Å². The Morgan fingerprint density at radius 1 is 0.414 bits per heavy atom. The summed E-state index contributed by atoms with van der Waals surface area (Å²) in [6.45, 7) is 0. The monoisotopic (exact) mass is 745 g/mol. The minimum atomic E-state index is 0.584. The molecule has 0 atom stereocenters. The summed E-state index contributed by atoms with van der Waals surface area (Å²) >= 11 is 0. The smallest absolute Gasteiger partial charge is 0.143 e. The van der Waals surface area contributed by atoms with E-state index in [4.69, 9.17) is 4.42 Å². The van der Waals surface area contributed by atoms with Crippen LogP contribution < -0.4 is 4.90 Å². The van der Waals surface area contributed by atoms with E-state index < -0.39 is 0 Å². The van der Waals surface area contributed by atoms with Crippen LogP contribution in [0.4, 0.5) is 17.1 Å². The normalized spacial score (nSPS) is 13.4. The quantitative estimate of drug-likeness (QED) is 0.162. The molecule has 11 rings (SSSR count). The lowest BCUT2D eigenvalue weighted by atomic mass is 9.80. The summed E-state index contributed by atoms with van der Waals surface area (Å²) in [5, 5.41) is 7.48. The molecule has 10 aromatic rings. The fraction of sp³-hybridized carbons (Fsp3) is 0.107. The highest BCUT2D eigenvalue weighted by molar-refractivity contribution is 6.10. The first-order chi connectivity index (χ1) is 28.8. The van der Waals surface area contributed by atoms with E-state index in [-0.39, 0.29) is 0 Å². The van der Waals surface area contributed by atoms with Gasteiger partial charge in [0, 0.05) is 33.3 Å². The first-order valence-corrected chi connectivity index (χ1v) is 20.8. The van der Waals surface area contributed by atoms with Gasteiger partial charge in [-0.3, -0.25) is 0 Å². The van der Waals surface area contributed by atoms with Crippen molar-refractivity contribution in [3.8, 4) is 33.4 Å². The molecule has 58 heavy (non-hydrogen) atoms. The molecule has 0 bridgehead atoms. The first-order valence-electron chi connectivity index (χ1n) is 20.8. The molecule has 0 aliphatic heterocycles. The van der Waals surface area contributed by atoms with E-state index in [1.807, 2.05) is 6.07 Å². The van der Waals surface area contributed by atoms with Gasteiger partial charge in [-0.2, -0.15) is 0 Å². The third kappa shape index (κ3) is 5.96. The van der Waals surface area contributed by atoms with Crippen LogP contribution in [0.3, 0.4) is 0 Å². The Bertz CT molecular complexity index is 3100. The Balaban J connectivity index is 1.11. The van der Waals surface area contributed by atoms with Crippen LogP contribution in [-0.4, -0.2) is 0 Å². The third-order valence-corrected chi connectivity index (χ3v) is 12.5. The molecule has 0 radical (unpaired) electrons. The molecule has 0 saturated heterocycles. The molecule has 278 valence electrons. The predicted octanol–water partition coefficient (Wildman–Crippen LogP) is 16.4. The molecular formula is C56H43NO. The molecule has 1 heterocycles. The van der Waals surface area contributed by atoms with Crippen LogP contribution in [0.25, 0.3) is 76.9 Å². The molecule has 0 unspecified atom stereocenters. The van der Waals surface area contributed by atoms with E-state index in [0.717, 1.165) is 50.1 Å². The van der Waals surface area contributed by atoms with Gasteiger partial charge < -0.3 is 9.32 Å². The SMILES string of the molecule is c1cc(-c2cccc3c2oc2ccccc23)cc(N(c2ccc(-c3cccc4ccccc34)cc2)c2ccccc2-c2cccc3cccc(C4CCCCC4)c23)c1. The number of hydrogen-bond acceptors (Lipinski definition) is 2. The Labute approximate surface area is 339 Å². The number of fused-ring (bicyclic) bond motifs is 5. The van der Waals surface area contributed by atoms with Gasteiger partial charge in [0.15, 0.2) is 0 Å². The summed E-state index contributed by atoms with van der Waals surface area (Å²) in [4.78, 5) is 2.45. The molecule has 1 aliphatic rings. The summed E-state index contributed by atoms with van der Waals surface area (Å²) in [5.74, 6) is 0.584. The second kappa shape index (κ2) is 14.6. The highest BCUT2D eigenvalue weighted by Gasteiger charge is 2.23. The van der Waals surface area contributed by atoms with Crippen LogP contribution >= 0.6 is 0 Å². The molecule has 0 amide bonds. The van der Waals surface area contributed by atoms with E-state index in [0.29, 0.717) is 5.92 Å². The molecule has 1 fully saturated rings. The second-order valence-electron chi connectivity index (χ2n) is 15.8. The van der Waals surface area contributed by atoms with Crippen molar-refractivity contribution in [1.82, 2.24) is 0 Å². The number of anilines is 3. The Morgan fingerprint density at radius 3 is 1.93 bits per heavy atom. The van der Waals surface area contributed by atoms with E-state index in [9.17, 15) is 0 Å². The number of hydrogen-bond donors (Lipinski definition) is 0. The van der Waals surface area contributed by atoms with E-state index >= 15 is 0 Å². The fourth-order valence-corrected chi connectivity index (χ4v) is 9.73. The molecule has 2 heteroatoms. The maximum Gasteiger partial charge on any atom is 0.143 e. The van der Waals surface area contributed by atoms with Crippen molar-refractivity contribution in [3.05, 3.63) is 200 Å². The van der Waals surface area contributed by atoms with Crippen molar-refractivity contribution in [1.29, 1.82) is 0 Å². The molecule has 2 nitrogen and oxygen atoms in total. The Kier molecular flexibility index (Phi) is 8.62. The average Bonchev–Trinajstić information content (AvgIpc) is 3.68. The zero-order valence-corrected chi connectivity index (χ0v) is 32.4. The van der Waals surface area contributed by atoms with Gasteiger partial charge in [0.1, 0.15) is 11.2 Å². The van der Waals surface area contributed by atoms with Gasteiger partial charge in [-0.25, -0.2) is 0 Å². The minimum Gasteiger partial charge on any atom is -0.455 e. The summed E-state index contributed by atoms with van der Waals surface area (Å²) in [6, 6.07) is 71.0. The van der Waals surface area contributed by atoms with Crippen molar-refractivity contribution < 1.29 is 4.42 Å². The van der Waals surface area contributed by atoms with Crippen LogP contribution in [0, 0.1) is 0 Å². The maximum atomic E-state index is 6.56. The molecule has 1 aromatic heterocycles. The van der Waals surface area contributed by atoms with Crippen molar-refractivity contribution in [2.24, 2.45) is 0 Å². The molecule has 1 aliphatic carbocycles. The first kappa shape index (κ1) is 34.4. The maximum absolute atomic E-state index is 6.56. The van der Waals surface area contributed by atoms with Gasteiger partial charge in [-0.1, -0.05) is 177 Å². The molecule has 0 N–H and O–H groups in total. The second-order valence-corrected chi connectivity index (χ2v) is 15.8. The van der Waals surface area contributed by atoms with Gasteiger partial charge in [-0.15, -0.1) is 0 Å². The number of furan rings is 1. The molecule has 1 saturated carbocycles. The van der Waals surface area contributed by atoms with Crippen molar-refractivity contribution in [3.63, 3.8) is 0 Å². The molecule has 0 spiro atoms. The van der Waals surface area contributed by atoms with Crippen molar-refractivity contribution >= 4 is 60.5 Å². The van der Waals surface area contributed by atoms with Gasteiger partial charge in [0.2, 0.25) is 0 Å². The van der Waals surface area contributed by atoms with Gasteiger partial charge in [-0.05, 0) is 105 Å². The lowest BCUT2D eigenvalue weighted by Gasteiger charge is -2.29. The van der Waals surface area contributed by atoms with E-state index in [1.165, 1.54) is 81.5 Å². The number of benzene rings is 9. The minimum absolute atomic E-state index is 0.584. The predicted molar refractivity (Wildman–Crippen MR) is 246 cm³/mol. The largest absolute Gasteiger partial charge is 0.455 e. The van der Waals surface area contributed by atoms with E-state index in [1.54, 1.807) is 0 Å². The van der Waals surface area contributed by atoms with Gasteiger partial charge in [0.25, 0.3) is 0 Å². The lowest BCUT2D eigenvalue weighted by Crippen LogP contribution is -2.11. The third-order valence-electron chi connectivity index (χ3n) is 12.5. The Hall–Kier alpha value is -6.90. The van der Waals surface area contributed by atoms with Crippen molar-refractivity contribution in [2.45, 2.75) is 38.0 Å². The Morgan fingerprint density at radius 2 is 1.05 bits per heavy atom. The van der Waals surface area contributed by atoms with Crippen LogP contribution in [-0.2, 0) is 0 Å². The van der Waals surface area contributed by atoms with Crippen LogP contribution in [0.15, 0.2) is 199 Å². The zero-order valence-electron chi connectivity index (χ0n) is 32.4. The topological polar surface area (TPSA) is 16.4 Å². The highest BCUT2D eigenvalue weighted by atomic mass is 16.3. The average molecular weight is 746 g/mol. The summed E-state index contributed by atoms with van der Waals surface area (Å²) in [6.07, 6.45) is 6.47. The summed E-state index contributed by atoms with van der Waals surface area (Å²) < 4.78 is 6.56. The zero-order chi connectivity index (χ0) is 38.4. The number of nitrogens with zero attached hydrogens (tertiary/aromatic N) is 1. The number of rotatable bonds is 7. The van der Waals surface area contributed by atoms with Crippen molar-refractivity contribution in [2.75, 3.05) is 4.90 Å². The van der Waals surface area contributed by atoms with E-state index in [2.05, 4.69) is 193 Å². The fourth-order valence-electron chi connectivity index (χ4n) is 9.73. The standard InChI is InChI=1S/C56H43NO/c1-2-15-39(16-3-1)47-27-12-19-41-20-13-29-51(55(41)47)49-24-6-8-31-53(49)57(43-35-33-40(34-36-43)46-26-11-18-38-17-4-5-23-45(38)46)44-22-10-21-42(37-44)48-28-14-30-52-50-25-7-9-32-54(50)58-56(48)52/h4-14,17-37,39H,1-3,15-16H2. The van der Waals surface area contributed by atoms with Crippen LogP contribution in [0.1, 0.15) is 43.6 Å². The summed E-state index contributed by atoms with van der Waals surface area (Å²) in [5.41, 5.74) is 13.8. The molecule has 9 aromatic carbocycles. The van der Waals surface area contributed by atoms with Crippen LogP contribution in [0.2, 0.25) is 0 Å². The number of para-hydroxylation sites is 3. The van der Waals surface area contributed by atoms with Crippen LogP contribution in [0.5, 0.6) is 0 Å². The van der Waals surface area contributed by atoms with Gasteiger partial charge in [0.05, 0.1) is 5.69 Å².